The van der Waals surface area contributed by atoms with Gasteiger partial charge in [-0.05, 0) is 57.7 Å². The quantitative estimate of drug-likeness (QED) is 0.782. The lowest BCUT2D eigenvalue weighted by Crippen LogP contribution is -2.46. The van der Waals surface area contributed by atoms with Crippen LogP contribution >= 0.6 is 0 Å². The van der Waals surface area contributed by atoms with Crippen LogP contribution < -0.4 is 5.32 Å². The molecule has 0 spiro atoms. The molecule has 1 N–H and O–H groups in total. The van der Waals surface area contributed by atoms with Crippen molar-refractivity contribution < 1.29 is 23.9 Å². The molecule has 154 valence electrons. The highest BCUT2D eigenvalue weighted by atomic mass is 16.6. The summed E-state index contributed by atoms with van der Waals surface area (Å²) in [6.07, 6.45) is 0.151. The molecular formula is C21H30N2O5. The van der Waals surface area contributed by atoms with Crippen LogP contribution in [-0.2, 0) is 25.5 Å². The molecule has 1 aliphatic heterocycles. The number of hydrogen-bond donors (Lipinski definition) is 1. The number of hydrogen-bond acceptors (Lipinski definition) is 5. The summed E-state index contributed by atoms with van der Waals surface area (Å²) in [5.74, 6) is -0.605. The number of nitrogens with zero attached hydrogens (tertiary/aromatic N) is 1. The fraction of sp³-hybridized carbons (Fsp3) is 0.571. The molecule has 1 heterocycles. The molecule has 1 unspecified atom stereocenters. The lowest BCUT2D eigenvalue weighted by Gasteiger charge is -2.37. The van der Waals surface area contributed by atoms with E-state index in [2.05, 4.69) is 5.32 Å². The van der Waals surface area contributed by atoms with Gasteiger partial charge in [-0.15, -0.1) is 0 Å². The predicted molar refractivity (Wildman–Crippen MR) is 105 cm³/mol. The maximum absolute atomic E-state index is 12.8. The smallest absolute Gasteiger partial charge is 0.408 e. The van der Waals surface area contributed by atoms with Gasteiger partial charge in [0, 0.05) is 6.54 Å². The van der Waals surface area contributed by atoms with Crippen LogP contribution in [0.2, 0.25) is 0 Å². The number of ether oxygens (including phenoxy) is 2. The Morgan fingerprint density at radius 3 is 2.61 bits per heavy atom. The van der Waals surface area contributed by atoms with E-state index in [4.69, 9.17) is 9.47 Å². The lowest BCUT2D eigenvalue weighted by atomic mass is 9.88. The Bertz CT molecular complexity index is 739. The fourth-order valence-corrected chi connectivity index (χ4v) is 3.39. The molecule has 1 aromatic carbocycles. The third-order valence-corrected chi connectivity index (χ3v) is 4.55. The van der Waals surface area contributed by atoms with Gasteiger partial charge in [0.15, 0.2) is 0 Å². The molecule has 1 aromatic rings. The lowest BCUT2D eigenvalue weighted by molar-refractivity contribution is -0.146. The van der Waals surface area contributed by atoms with E-state index in [9.17, 15) is 14.4 Å². The van der Waals surface area contributed by atoms with Crippen molar-refractivity contribution in [3.63, 3.8) is 0 Å². The molecule has 7 nitrogen and oxygen atoms in total. The second-order valence-corrected chi connectivity index (χ2v) is 7.86. The van der Waals surface area contributed by atoms with Crippen molar-refractivity contribution in [3.8, 4) is 0 Å². The Morgan fingerprint density at radius 1 is 1.25 bits per heavy atom. The van der Waals surface area contributed by atoms with E-state index in [0.29, 0.717) is 19.6 Å². The zero-order valence-corrected chi connectivity index (χ0v) is 17.3. The first-order valence-corrected chi connectivity index (χ1v) is 9.62. The molecule has 0 aromatic heterocycles. The molecule has 2 amide bonds. The SMILES string of the molecule is CCOC(=O)CC1c2cccc(C)c2CCN1C(=O)CNC(=O)OC(C)(C)C. The standard InChI is InChI=1S/C21H30N2O5/c1-6-27-19(25)12-17-16-9-7-8-14(2)15(16)10-11-23(17)18(24)13-22-20(26)28-21(3,4)5/h7-9,17H,6,10-13H2,1-5H3,(H,22,26). The first-order valence-electron chi connectivity index (χ1n) is 9.62. The second-order valence-electron chi connectivity index (χ2n) is 7.86. The molecule has 1 atom stereocenters. The van der Waals surface area contributed by atoms with Crippen LogP contribution in [0.5, 0.6) is 0 Å². The third kappa shape index (κ3) is 5.71. The molecule has 7 heteroatoms. The van der Waals surface area contributed by atoms with E-state index in [1.807, 2.05) is 25.1 Å². The Labute approximate surface area is 166 Å². The first kappa shape index (κ1) is 21.7. The van der Waals surface area contributed by atoms with Gasteiger partial charge in [-0.1, -0.05) is 18.2 Å². The molecule has 0 saturated carbocycles. The van der Waals surface area contributed by atoms with Crippen molar-refractivity contribution in [2.24, 2.45) is 0 Å². The van der Waals surface area contributed by atoms with E-state index < -0.39 is 17.7 Å². The number of nitrogens with one attached hydrogen (secondary N) is 1. The number of carbonyl (C=O) groups excluding carboxylic acids is 3. The molecule has 0 saturated heterocycles. The zero-order chi connectivity index (χ0) is 20.9. The van der Waals surface area contributed by atoms with E-state index in [-0.39, 0.29) is 24.8 Å². The van der Waals surface area contributed by atoms with E-state index in [1.54, 1.807) is 32.6 Å². The number of rotatable bonds is 5. The highest BCUT2D eigenvalue weighted by Gasteiger charge is 2.33. The van der Waals surface area contributed by atoms with Gasteiger partial charge in [0.05, 0.1) is 19.1 Å². The van der Waals surface area contributed by atoms with Crippen LogP contribution in [0.25, 0.3) is 0 Å². The van der Waals surface area contributed by atoms with Gasteiger partial charge in [-0.2, -0.15) is 0 Å². The average molecular weight is 390 g/mol. The molecule has 28 heavy (non-hydrogen) atoms. The van der Waals surface area contributed by atoms with Crippen LogP contribution in [0.4, 0.5) is 4.79 Å². The number of fused-ring (bicyclic) bond motifs is 1. The summed E-state index contributed by atoms with van der Waals surface area (Å²) in [5, 5.41) is 2.50. The number of esters is 1. The van der Waals surface area contributed by atoms with Gasteiger partial charge in [-0.3, -0.25) is 9.59 Å². The summed E-state index contributed by atoms with van der Waals surface area (Å²) in [6.45, 7) is 9.65. The van der Waals surface area contributed by atoms with Crippen molar-refractivity contribution in [2.45, 2.75) is 59.1 Å². The largest absolute Gasteiger partial charge is 0.466 e. The highest BCUT2D eigenvalue weighted by molar-refractivity contribution is 5.83. The van der Waals surface area contributed by atoms with Crippen molar-refractivity contribution >= 4 is 18.0 Å². The Kier molecular flexibility index (Phi) is 7.05. The first-order chi connectivity index (χ1) is 13.1. The molecule has 2 rings (SSSR count). The molecule has 0 bridgehead atoms. The van der Waals surface area contributed by atoms with Crippen molar-refractivity contribution in [1.29, 1.82) is 0 Å². The van der Waals surface area contributed by atoms with E-state index in [0.717, 1.165) is 11.1 Å². The van der Waals surface area contributed by atoms with Gasteiger partial charge >= 0.3 is 12.1 Å². The van der Waals surface area contributed by atoms with Gasteiger partial charge < -0.3 is 19.7 Å². The van der Waals surface area contributed by atoms with Crippen molar-refractivity contribution in [3.05, 3.63) is 34.9 Å². The van der Waals surface area contributed by atoms with E-state index >= 15 is 0 Å². The summed E-state index contributed by atoms with van der Waals surface area (Å²) in [7, 11) is 0. The molecule has 0 aliphatic carbocycles. The normalized spacial score (nSPS) is 16.2. The zero-order valence-electron chi connectivity index (χ0n) is 17.3. The van der Waals surface area contributed by atoms with Crippen LogP contribution in [0.1, 0.15) is 56.8 Å². The van der Waals surface area contributed by atoms with Crippen molar-refractivity contribution in [1.82, 2.24) is 10.2 Å². The summed E-state index contributed by atoms with van der Waals surface area (Å²) < 4.78 is 10.3. The summed E-state index contributed by atoms with van der Waals surface area (Å²) >= 11 is 0. The van der Waals surface area contributed by atoms with Crippen LogP contribution in [-0.4, -0.2) is 48.2 Å². The minimum Gasteiger partial charge on any atom is -0.466 e. The monoisotopic (exact) mass is 390 g/mol. The van der Waals surface area contributed by atoms with E-state index in [1.165, 1.54) is 5.56 Å². The maximum Gasteiger partial charge on any atom is 0.408 e. The van der Waals surface area contributed by atoms with Gasteiger partial charge in [-0.25, -0.2) is 4.79 Å². The Morgan fingerprint density at radius 2 is 1.96 bits per heavy atom. The average Bonchev–Trinajstić information content (AvgIpc) is 2.59. The highest BCUT2D eigenvalue weighted by Crippen LogP contribution is 2.34. The topological polar surface area (TPSA) is 84.9 Å². The molecule has 0 radical (unpaired) electrons. The maximum atomic E-state index is 12.8. The second kappa shape index (κ2) is 9.08. The number of alkyl carbamates (subject to hydrolysis) is 1. The fourth-order valence-electron chi connectivity index (χ4n) is 3.39. The van der Waals surface area contributed by atoms with Crippen LogP contribution in [0, 0.1) is 6.92 Å². The predicted octanol–water partition coefficient (Wildman–Crippen LogP) is 2.90. The summed E-state index contributed by atoms with van der Waals surface area (Å²) in [4.78, 5) is 38.5. The Balaban J connectivity index is 2.15. The minimum atomic E-state index is -0.643. The Hall–Kier alpha value is -2.57. The number of benzene rings is 1. The van der Waals surface area contributed by atoms with Crippen LogP contribution in [0.3, 0.4) is 0 Å². The molecule has 1 aliphatic rings. The third-order valence-electron chi connectivity index (χ3n) is 4.55. The minimum absolute atomic E-state index is 0.0858. The molecular weight excluding hydrogens is 360 g/mol. The summed E-state index contributed by atoms with van der Waals surface area (Å²) in [6, 6.07) is 5.50. The van der Waals surface area contributed by atoms with Gasteiger partial charge in [0.1, 0.15) is 12.1 Å². The van der Waals surface area contributed by atoms with Crippen molar-refractivity contribution in [2.75, 3.05) is 19.7 Å². The molecule has 0 fully saturated rings. The summed E-state index contributed by atoms with van der Waals surface area (Å²) in [5.41, 5.74) is 2.64. The number of aryl methyl sites for hydroxylation is 1. The number of carbonyl (C=O) groups is 3. The van der Waals surface area contributed by atoms with Gasteiger partial charge in [0.2, 0.25) is 5.91 Å². The van der Waals surface area contributed by atoms with Crippen LogP contribution in [0.15, 0.2) is 18.2 Å². The van der Waals surface area contributed by atoms with Gasteiger partial charge in [0.25, 0.3) is 0 Å². The number of amides is 2.